The van der Waals surface area contributed by atoms with Gasteiger partial charge in [-0.25, -0.2) is 0 Å². The van der Waals surface area contributed by atoms with Gasteiger partial charge in [-0.2, -0.15) is 0 Å². The summed E-state index contributed by atoms with van der Waals surface area (Å²) < 4.78 is 5.29. The predicted octanol–water partition coefficient (Wildman–Crippen LogP) is 4.33. The van der Waals surface area contributed by atoms with Gasteiger partial charge in [-0.05, 0) is 25.2 Å². The second-order valence-electron chi connectivity index (χ2n) is 4.58. The van der Waals surface area contributed by atoms with E-state index in [1.54, 1.807) is 0 Å². The quantitative estimate of drug-likeness (QED) is 0.411. The highest BCUT2D eigenvalue weighted by atomic mass is 16.5. The molecule has 0 unspecified atom stereocenters. The lowest BCUT2D eigenvalue weighted by atomic mass is 9.97. The minimum Gasteiger partial charge on any atom is -0.465 e. The molecule has 0 amide bonds. The van der Waals surface area contributed by atoms with E-state index in [0.717, 1.165) is 6.42 Å². The molecule has 1 atom stereocenters. The minimum absolute atomic E-state index is 0.0286. The summed E-state index contributed by atoms with van der Waals surface area (Å²) in [6.45, 7) is 7.05. The van der Waals surface area contributed by atoms with Crippen molar-refractivity contribution < 1.29 is 9.53 Å². The smallest absolute Gasteiger partial charge is 0.305 e. The number of carbonyl (C=O) groups is 1. The molecule has 0 aromatic carbocycles. The molecule has 0 rings (SSSR count). The Hall–Kier alpha value is -0.530. The fraction of sp³-hybridized carbons (Fsp3) is 0.929. The lowest BCUT2D eigenvalue weighted by Crippen LogP contribution is -2.14. The maximum atomic E-state index is 11.3. The van der Waals surface area contributed by atoms with Gasteiger partial charge < -0.3 is 4.74 Å². The SMILES string of the molecule is CCCCC[C@@H](CCC)COC(=O)CCC. The molecule has 16 heavy (non-hydrogen) atoms. The summed E-state index contributed by atoms with van der Waals surface area (Å²) in [6.07, 6.45) is 8.84. The highest BCUT2D eigenvalue weighted by Gasteiger charge is 2.10. The molecule has 0 radical (unpaired) electrons. The van der Waals surface area contributed by atoms with Crippen LogP contribution >= 0.6 is 0 Å². The molecule has 0 bridgehead atoms. The maximum Gasteiger partial charge on any atom is 0.305 e. The van der Waals surface area contributed by atoms with Crippen molar-refractivity contribution in [3.8, 4) is 0 Å². The molecule has 2 nitrogen and oxygen atoms in total. The minimum atomic E-state index is -0.0286. The highest BCUT2D eigenvalue weighted by molar-refractivity contribution is 5.69. The third-order valence-electron chi connectivity index (χ3n) is 2.85. The Bertz CT molecular complexity index is 166. The molecule has 0 aliphatic heterocycles. The molecule has 0 spiro atoms. The van der Waals surface area contributed by atoms with E-state index in [1.807, 2.05) is 6.92 Å². The Kier molecular flexibility index (Phi) is 10.6. The number of esters is 1. The molecule has 0 fully saturated rings. The third kappa shape index (κ3) is 8.75. The van der Waals surface area contributed by atoms with Crippen LogP contribution < -0.4 is 0 Å². The van der Waals surface area contributed by atoms with Gasteiger partial charge >= 0.3 is 5.97 Å². The van der Waals surface area contributed by atoms with Crippen LogP contribution in [0.25, 0.3) is 0 Å². The Labute approximate surface area is 101 Å². The zero-order valence-corrected chi connectivity index (χ0v) is 11.3. The summed E-state index contributed by atoms with van der Waals surface area (Å²) in [6, 6.07) is 0. The first-order valence-electron chi connectivity index (χ1n) is 6.90. The van der Waals surface area contributed by atoms with Gasteiger partial charge in [-0.3, -0.25) is 4.79 Å². The summed E-state index contributed by atoms with van der Waals surface area (Å²) in [7, 11) is 0. The number of carbonyl (C=O) groups excluding carboxylic acids is 1. The Morgan fingerprint density at radius 3 is 2.31 bits per heavy atom. The van der Waals surface area contributed by atoms with Crippen molar-refractivity contribution in [2.24, 2.45) is 5.92 Å². The summed E-state index contributed by atoms with van der Waals surface area (Å²) in [5.74, 6) is 0.552. The molecule has 0 saturated heterocycles. The van der Waals surface area contributed by atoms with Gasteiger partial charge in [0.2, 0.25) is 0 Å². The molecule has 0 saturated carbocycles. The van der Waals surface area contributed by atoms with Crippen molar-refractivity contribution in [2.75, 3.05) is 6.61 Å². The second kappa shape index (κ2) is 11.0. The van der Waals surface area contributed by atoms with E-state index in [4.69, 9.17) is 4.74 Å². The predicted molar refractivity (Wildman–Crippen MR) is 68.4 cm³/mol. The first-order chi connectivity index (χ1) is 7.74. The van der Waals surface area contributed by atoms with Gasteiger partial charge in [-0.15, -0.1) is 0 Å². The van der Waals surface area contributed by atoms with Gasteiger partial charge in [0.25, 0.3) is 0 Å². The lowest BCUT2D eigenvalue weighted by Gasteiger charge is -2.15. The van der Waals surface area contributed by atoms with Crippen LogP contribution in [0, 0.1) is 5.92 Å². The summed E-state index contributed by atoms with van der Waals surface area (Å²) in [5.41, 5.74) is 0. The van der Waals surface area contributed by atoms with Crippen LogP contribution in [0.15, 0.2) is 0 Å². The molecule has 0 aliphatic rings. The molecular weight excluding hydrogens is 200 g/mol. The van der Waals surface area contributed by atoms with E-state index in [1.165, 1.54) is 38.5 Å². The van der Waals surface area contributed by atoms with E-state index in [-0.39, 0.29) is 5.97 Å². The van der Waals surface area contributed by atoms with Gasteiger partial charge in [0.15, 0.2) is 0 Å². The van der Waals surface area contributed by atoms with Crippen LogP contribution in [0.2, 0.25) is 0 Å². The third-order valence-corrected chi connectivity index (χ3v) is 2.85. The van der Waals surface area contributed by atoms with Crippen LogP contribution in [0.4, 0.5) is 0 Å². The van der Waals surface area contributed by atoms with E-state index in [0.29, 0.717) is 18.9 Å². The molecule has 0 aromatic rings. The van der Waals surface area contributed by atoms with E-state index >= 15 is 0 Å². The topological polar surface area (TPSA) is 26.3 Å². The van der Waals surface area contributed by atoms with Crippen LogP contribution in [0.1, 0.15) is 72.1 Å². The largest absolute Gasteiger partial charge is 0.465 e. The van der Waals surface area contributed by atoms with E-state index < -0.39 is 0 Å². The maximum absolute atomic E-state index is 11.3. The van der Waals surface area contributed by atoms with E-state index in [2.05, 4.69) is 13.8 Å². The Morgan fingerprint density at radius 1 is 1.00 bits per heavy atom. The van der Waals surface area contributed by atoms with Crippen molar-refractivity contribution in [2.45, 2.75) is 72.1 Å². The number of hydrogen-bond donors (Lipinski definition) is 0. The zero-order chi connectivity index (χ0) is 12.2. The Morgan fingerprint density at radius 2 is 1.75 bits per heavy atom. The highest BCUT2D eigenvalue weighted by Crippen LogP contribution is 2.16. The van der Waals surface area contributed by atoms with Crippen LogP contribution in [-0.2, 0) is 9.53 Å². The monoisotopic (exact) mass is 228 g/mol. The molecular formula is C14H28O2. The molecule has 0 aliphatic carbocycles. The summed E-state index contributed by atoms with van der Waals surface area (Å²) >= 11 is 0. The van der Waals surface area contributed by atoms with Crippen molar-refractivity contribution in [3.05, 3.63) is 0 Å². The van der Waals surface area contributed by atoms with Gasteiger partial charge in [-0.1, -0.05) is 46.5 Å². The average molecular weight is 228 g/mol. The van der Waals surface area contributed by atoms with Crippen LogP contribution in [0.3, 0.4) is 0 Å². The molecule has 0 N–H and O–H groups in total. The molecule has 0 heterocycles. The van der Waals surface area contributed by atoms with Crippen molar-refractivity contribution in [1.29, 1.82) is 0 Å². The number of unbranched alkanes of at least 4 members (excludes halogenated alkanes) is 2. The Balaban J connectivity index is 3.70. The summed E-state index contributed by atoms with van der Waals surface area (Å²) in [5, 5.41) is 0. The average Bonchev–Trinajstić information content (AvgIpc) is 2.26. The number of hydrogen-bond acceptors (Lipinski definition) is 2. The van der Waals surface area contributed by atoms with Crippen LogP contribution in [0.5, 0.6) is 0 Å². The van der Waals surface area contributed by atoms with Gasteiger partial charge in [0.05, 0.1) is 6.61 Å². The van der Waals surface area contributed by atoms with Gasteiger partial charge in [0, 0.05) is 6.42 Å². The normalized spacial score (nSPS) is 12.4. The fourth-order valence-corrected chi connectivity index (χ4v) is 1.89. The first kappa shape index (κ1) is 15.5. The lowest BCUT2D eigenvalue weighted by molar-refractivity contribution is -0.145. The van der Waals surface area contributed by atoms with Crippen molar-refractivity contribution in [3.63, 3.8) is 0 Å². The van der Waals surface area contributed by atoms with E-state index in [9.17, 15) is 4.79 Å². The first-order valence-corrected chi connectivity index (χ1v) is 6.90. The van der Waals surface area contributed by atoms with Gasteiger partial charge in [0.1, 0.15) is 0 Å². The fourth-order valence-electron chi connectivity index (χ4n) is 1.89. The summed E-state index contributed by atoms with van der Waals surface area (Å²) in [4.78, 5) is 11.3. The molecule has 96 valence electrons. The second-order valence-corrected chi connectivity index (χ2v) is 4.58. The van der Waals surface area contributed by atoms with Crippen molar-refractivity contribution >= 4 is 5.97 Å². The molecule has 0 aromatic heterocycles. The number of rotatable bonds is 10. The van der Waals surface area contributed by atoms with Crippen molar-refractivity contribution in [1.82, 2.24) is 0 Å². The molecule has 2 heteroatoms. The number of ether oxygens (including phenoxy) is 1. The standard InChI is InChI=1S/C14H28O2/c1-4-7-8-11-13(9-5-2)12-16-14(15)10-6-3/h13H,4-12H2,1-3H3/t13-/m1/s1. The zero-order valence-electron chi connectivity index (χ0n) is 11.3. The van der Waals surface area contributed by atoms with Crippen LogP contribution in [-0.4, -0.2) is 12.6 Å².